The lowest BCUT2D eigenvalue weighted by Crippen LogP contribution is -2.30. The lowest BCUT2D eigenvalue weighted by molar-refractivity contribution is -0.167. The number of hydrogen-bond acceptors (Lipinski definition) is 6. The second-order valence-corrected chi connectivity index (χ2v) is 17.0. The molecule has 0 N–H and O–H groups in total. The van der Waals surface area contributed by atoms with Gasteiger partial charge in [-0.1, -0.05) is 201 Å². The molecule has 0 aromatic heterocycles. The van der Waals surface area contributed by atoms with Crippen LogP contribution in [0, 0.1) is 0 Å². The van der Waals surface area contributed by atoms with Crippen LogP contribution in [0.25, 0.3) is 0 Å². The van der Waals surface area contributed by atoms with E-state index in [-0.39, 0.29) is 37.5 Å². The molecule has 65 heavy (non-hydrogen) atoms. The fraction of sp³-hybridized carbons (Fsp3) is 0.644. The van der Waals surface area contributed by atoms with Crippen LogP contribution in [-0.4, -0.2) is 37.2 Å². The third-order valence-corrected chi connectivity index (χ3v) is 10.7. The van der Waals surface area contributed by atoms with Gasteiger partial charge in [-0.2, -0.15) is 0 Å². The Morgan fingerprint density at radius 3 is 1.00 bits per heavy atom. The van der Waals surface area contributed by atoms with Gasteiger partial charge in [-0.25, -0.2) is 0 Å². The van der Waals surface area contributed by atoms with Gasteiger partial charge < -0.3 is 14.2 Å². The third-order valence-electron chi connectivity index (χ3n) is 10.7. The Labute approximate surface area is 400 Å². The zero-order chi connectivity index (χ0) is 47.2. The highest BCUT2D eigenvalue weighted by Gasteiger charge is 2.19. The van der Waals surface area contributed by atoms with E-state index in [1.54, 1.807) is 0 Å². The summed E-state index contributed by atoms with van der Waals surface area (Å²) in [6.07, 6.45) is 70.8. The highest BCUT2D eigenvalue weighted by molar-refractivity contribution is 5.71. The highest BCUT2D eigenvalue weighted by Crippen LogP contribution is 2.13. The number of allylic oxidation sites excluding steroid dienone is 18. The number of ether oxygens (including phenoxy) is 3. The minimum Gasteiger partial charge on any atom is -0.462 e. The van der Waals surface area contributed by atoms with Crippen LogP contribution in [0.1, 0.15) is 226 Å². The van der Waals surface area contributed by atoms with E-state index in [2.05, 4.69) is 130 Å². The van der Waals surface area contributed by atoms with Crippen molar-refractivity contribution in [2.45, 2.75) is 232 Å². The van der Waals surface area contributed by atoms with Crippen LogP contribution in [0.4, 0.5) is 0 Å². The largest absolute Gasteiger partial charge is 0.462 e. The summed E-state index contributed by atoms with van der Waals surface area (Å²) in [6.45, 7) is 6.32. The molecule has 0 bridgehead atoms. The first-order chi connectivity index (χ1) is 32.0. The summed E-state index contributed by atoms with van der Waals surface area (Å²) in [7, 11) is 0. The Balaban J connectivity index is 4.53. The van der Waals surface area contributed by atoms with Gasteiger partial charge in [0, 0.05) is 19.3 Å². The van der Waals surface area contributed by atoms with Crippen molar-refractivity contribution in [1.82, 2.24) is 0 Å². The van der Waals surface area contributed by atoms with E-state index in [1.807, 2.05) is 0 Å². The molecule has 0 amide bonds. The zero-order valence-electron chi connectivity index (χ0n) is 42.0. The molecule has 0 aromatic carbocycles. The van der Waals surface area contributed by atoms with Gasteiger partial charge >= 0.3 is 17.9 Å². The summed E-state index contributed by atoms with van der Waals surface area (Å²) in [5, 5.41) is 0. The van der Waals surface area contributed by atoms with E-state index in [0.717, 1.165) is 122 Å². The van der Waals surface area contributed by atoms with Gasteiger partial charge in [0.15, 0.2) is 6.10 Å². The van der Waals surface area contributed by atoms with Crippen molar-refractivity contribution < 1.29 is 28.6 Å². The Kier molecular flexibility index (Phi) is 49.5. The van der Waals surface area contributed by atoms with Crippen molar-refractivity contribution in [2.24, 2.45) is 0 Å². The van der Waals surface area contributed by atoms with E-state index >= 15 is 0 Å². The van der Waals surface area contributed by atoms with E-state index in [9.17, 15) is 14.4 Å². The molecule has 0 radical (unpaired) electrons. The maximum Gasteiger partial charge on any atom is 0.306 e. The molecule has 0 heterocycles. The zero-order valence-corrected chi connectivity index (χ0v) is 42.0. The van der Waals surface area contributed by atoms with Gasteiger partial charge in [0.2, 0.25) is 0 Å². The van der Waals surface area contributed by atoms with Crippen LogP contribution in [0.15, 0.2) is 109 Å². The third kappa shape index (κ3) is 50.9. The molecule has 0 aromatic rings. The molecule has 6 heteroatoms. The summed E-state index contributed by atoms with van der Waals surface area (Å²) in [5.74, 6) is -1.00. The summed E-state index contributed by atoms with van der Waals surface area (Å²) >= 11 is 0. The van der Waals surface area contributed by atoms with Gasteiger partial charge in [0.25, 0.3) is 0 Å². The molecule has 0 saturated carbocycles. The maximum absolute atomic E-state index is 12.8. The number of unbranched alkanes of at least 4 members (excludes halogenated alkanes) is 17. The van der Waals surface area contributed by atoms with Gasteiger partial charge in [-0.05, 0) is 116 Å². The lowest BCUT2D eigenvalue weighted by atomic mass is 10.1. The quantitative estimate of drug-likeness (QED) is 0.0262. The van der Waals surface area contributed by atoms with Crippen molar-refractivity contribution in [3.8, 4) is 0 Å². The average Bonchev–Trinajstić information content (AvgIpc) is 3.30. The Morgan fingerprint density at radius 1 is 0.323 bits per heavy atom. The molecule has 0 aliphatic rings. The number of rotatable bonds is 46. The van der Waals surface area contributed by atoms with Crippen molar-refractivity contribution in [1.29, 1.82) is 0 Å². The molecule has 0 saturated heterocycles. The smallest absolute Gasteiger partial charge is 0.306 e. The number of esters is 3. The topological polar surface area (TPSA) is 78.9 Å². The molecule has 0 spiro atoms. The molecule has 0 aliphatic carbocycles. The second kappa shape index (κ2) is 52.7. The van der Waals surface area contributed by atoms with Crippen LogP contribution in [0.5, 0.6) is 0 Å². The fourth-order valence-corrected chi connectivity index (χ4v) is 6.84. The Bertz CT molecular complexity index is 1360. The molecule has 1 atom stereocenters. The predicted molar refractivity (Wildman–Crippen MR) is 279 cm³/mol. The van der Waals surface area contributed by atoms with E-state index in [4.69, 9.17) is 14.2 Å². The fourth-order valence-electron chi connectivity index (χ4n) is 6.84. The first-order valence-electron chi connectivity index (χ1n) is 26.4. The van der Waals surface area contributed by atoms with Crippen LogP contribution >= 0.6 is 0 Å². The normalized spacial score (nSPS) is 13.0. The Hall–Kier alpha value is -3.93. The minimum atomic E-state index is -0.816. The molecule has 0 fully saturated rings. The molecule has 0 aliphatic heterocycles. The Morgan fingerprint density at radius 2 is 0.615 bits per heavy atom. The molecular weight excluding hydrogens is 805 g/mol. The SMILES string of the molecule is CC/C=C\C/C=C\C/C=C\CCCCCCCCC(=O)OC(COC(=O)CCC/C=C\C/C=C\C/C=C\CCCCCCCC)COC(=O)CCCCCC/C=C\C/C=C\C/C=C\CC. The van der Waals surface area contributed by atoms with Crippen molar-refractivity contribution in [3.05, 3.63) is 109 Å². The van der Waals surface area contributed by atoms with Gasteiger partial charge in [-0.3, -0.25) is 14.4 Å². The number of carbonyl (C=O) groups is 3. The van der Waals surface area contributed by atoms with Crippen molar-refractivity contribution in [2.75, 3.05) is 13.2 Å². The van der Waals surface area contributed by atoms with E-state index < -0.39 is 6.10 Å². The molecule has 0 rings (SSSR count). The molecule has 368 valence electrons. The van der Waals surface area contributed by atoms with Crippen LogP contribution in [0.2, 0.25) is 0 Å². The minimum absolute atomic E-state index is 0.113. The maximum atomic E-state index is 12.8. The highest BCUT2D eigenvalue weighted by atomic mass is 16.6. The van der Waals surface area contributed by atoms with Gasteiger partial charge in [-0.15, -0.1) is 0 Å². The van der Waals surface area contributed by atoms with Crippen LogP contribution in [-0.2, 0) is 28.6 Å². The first-order valence-corrected chi connectivity index (χ1v) is 26.4. The van der Waals surface area contributed by atoms with Gasteiger partial charge in [0.1, 0.15) is 13.2 Å². The molecular formula is C59H96O6. The van der Waals surface area contributed by atoms with E-state index in [1.165, 1.54) is 57.8 Å². The van der Waals surface area contributed by atoms with Crippen molar-refractivity contribution in [3.63, 3.8) is 0 Å². The predicted octanol–water partition coefficient (Wildman–Crippen LogP) is 17.5. The van der Waals surface area contributed by atoms with Crippen LogP contribution < -0.4 is 0 Å². The lowest BCUT2D eigenvalue weighted by Gasteiger charge is -2.18. The van der Waals surface area contributed by atoms with Crippen LogP contribution in [0.3, 0.4) is 0 Å². The standard InChI is InChI=1S/C59H96O6/c1-4-7-10-13-16-19-22-25-28-30-32-34-37-40-43-46-49-52-58(61)64-55-56(54-63-57(60)51-48-45-42-39-36-33-27-24-21-18-15-12-9-6-3)65-59(62)53-50-47-44-41-38-35-31-29-26-23-20-17-14-11-8-5-2/h8-9,11-12,17-18,20-21,25-29,32-34,40,43,56H,4-7,10,13-16,19,22-24,30-31,35-39,41-42,44-55H2,1-3H3/b11-8-,12-9-,20-17-,21-18-,28-25-,29-26-,33-27-,34-32-,43-40-. The summed E-state index contributed by atoms with van der Waals surface area (Å²) in [4.78, 5) is 38.0. The first kappa shape index (κ1) is 61.1. The number of hydrogen-bond donors (Lipinski definition) is 0. The average molecular weight is 901 g/mol. The number of carbonyl (C=O) groups excluding carboxylic acids is 3. The summed E-state index contributed by atoms with van der Waals surface area (Å²) < 4.78 is 16.7. The summed E-state index contributed by atoms with van der Waals surface area (Å²) in [5.41, 5.74) is 0. The monoisotopic (exact) mass is 901 g/mol. The molecule has 1 unspecified atom stereocenters. The summed E-state index contributed by atoms with van der Waals surface area (Å²) in [6, 6.07) is 0. The van der Waals surface area contributed by atoms with Crippen molar-refractivity contribution >= 4 is 17.9 Å². The van der Waals surface area contributed by atoms with E-state index in [0.29, 0.717) is 19.3 Å². The molecule has 6 nitrogen and oxygen atoms in total. The van der Waals surface area contributed by atoms with Gasteiger partial charge in [0.05, 0.1) is 0 Å². The second-order valence-electron chi connectivity index (χ2n) is 17.0.